The second-order valence-corrected chi connectivity index (χ2v) is 10.5. The van der Waals surface area contributed by atoms with Crippen molar-refractivity contribution in [3.8, 4) is 5.75 Å². The van der Waals surface area contributed by atoms with Gasteiger partial charge in [-0.3, -0.25) is 0 Å². The fourth-order valence-corrected chi connectivity index (χ4v) is 5.63. The number of ether oxygens (including phenoxy) is 3. The van der Waals surface area contributed by atoms with Gasteiger partial charge in [0.05, 0.1) is 5.56 Å². The minimum absolute atomic E-state index is 0.0306. The molecule has 5 heteroatoms. The summed E-state index contributed by atoms with van der Waals surface area (Å²) in [6.45, 7) is 7.82. The number of esters is 2. The normalized spacial score (nSPS) is 24.4. The Labute approximate surface area is 211 Å². The second kappa shape index (κ2) is 14.3. The van der Waals surface area contributed by atoms with Crippen LogP contribution in [0.4, 0.5) is 0 Å². The summed E-state index contributed by atoms with van der Waals surface area (Å²) in [7, 11) is 0. The maximum atomic E-state index is 12.6. The van der Waals surface area contributed by atoms with Gasteiger partial charge in [0.15, 0.2) is 0 Å². The third kappa shape index (κ3) is 9.01. The molecule has 1 aromatic carbocycles. The van der Waals surface area contributed by atoms with E-state index in [-0.39, 0.29) is 25.3 Å². The van der Waals surface area contributed by atoms with E-state index in [0.717, 1.165) is 30.6 Å². The zero-order chi connectivity index (χ0) is 25.0. The lowest BCUT2D eigenvalue weighted by atomic mass is 9.70. The van der Waals surface area contributed by atoms with Crippen LogP contribution in [0, 0.1) is 17.8 Å². The Bertz CT molecular complexity index is 799. The molecule has 0 radical (unpaired) electrons. The molecule has 0 aliphatic heterocycles. The zero-order valence-electron chi connectivity index (χ0n) is 21.8. The first-order valence-corrected chi connectivity index (χ1v) is 13.7. The predicted octanol–water partition coefficient (Wildman–Crippen LogP) is 7.29. The van der Waals surface area contributed by atoms with Crippen molar-refractivity contribution in [3.05, 3.63) is 42.0 Å². The van der Waals surface area contributed by atoms with Crippen LogP contribution in [0.25, 0.3) is 0 Å². The van der Waals surface area contributed by atoms with Gasteiger partial charge in [-0.05, 0) is 87.5 Å². The molecule has 0 aromatic heterocycles. The molecule has 0 saturated heterocycles. The first kappa shape index (κ1) is 27.3. The van der Waals surface area contributed by atoms with E-state index in [4.69, 9.17) is 14.2 Å². The number of hydrogen-bond donors (Lipinski definition) is 0. The zero-order valence-corrected chi connectivity index (χ0v) is 21.8. The Morgan fingerprint density at radius 1 is 0.886 bits per heavy atom. The van der Waals surface area contributed by atoms with Gasteiger partial charge in [-0.15, -0.1) is 0 Å². The Hall–Kier alpha value is -2.30. The van der Waals surface area contributed by atoms with E-state index in [9.17, 15) is 9.59 Å². The summed E-state index contributed by atoms with van der Waals surface area (Å²) >= 11 is 0. The fraction of sp³-hybridized carbons (Fsp3) is 0.667. The molecule has 194 valence electrons. The molecule has 3 rings (SSSR count). The van der Waals surface area contributed by atoms with Gasteiger partial charge in [-0.2, -0.15) is 0 Å². The van der Waals surface area contributed by atoms with Crippen LogP contribution in [0.1, 0.15) is 101 Å². The van der Waals surface area contributed by atoms with Crippen LogP contribution >= 0.6 is 0 Å². The monoisotopic (exact) mass is 484 g/mol. The number of hydrogen-bond acceptors (Lipinski definition) is 5. The van der Waals surface area contributed by atoms with Gasteiger partial charge < -0.3 is 14.2 Å². The Morgan fingerprint density at radius 2 is 1.51 bits per heavy atom. The lowest BCUT2D eigenvalue weighted by Crippen LogP contribution is -2.29. The molecule has 0 spiro atoms. The molecule has 2 aliphatic carbocycles. The van der Waals surface area contributed by atoms with Crippen molar-refractivity contribution in [2.24, 2.45) is 17.8 Å². The largest absolute Gasteiger partial charge is 0.490 e. The molecule has 0 amide bonds. The van der Waals surface area contributed by atoms with Crippen molar-refractivity contribution in [1.82, 2.24) is 0 Å². The average Bonchev–Trinajstić information content (AvgIpc) is 2.88. The van der Waals surface area contributed by atoms with Gasteiger partial charge in [-0.25, -0.2) is 9.59 Å². The van der Waals surface area contributed by atoms with Gasteiger partial charge in [0.1, 0.15) is 25.1 Å². The molecule has 5 nitrogen and oxygen atoms in total. The summed E-state index contributed by atoms with van der Waals surface area (Å²) in [5.74, 6) is 2.59. The van der Waals surface area contributed by atoms with E-state index < -0.39 is 5.97 Å². The minimum Gasteiger partial charge on any atom is -0.490 e. The smallest absolute Gasteiger partial charge is 0.338 e. The van der Waals surface area contributed by atoms with E-state index in [1.54, 1.807) is 31.2 Å². The van der Waals surface area contributed by atoms with E-state index in [0.29, 0.717) is 16.9 Å². The van der Waals surface area contributed by atoms with Gasteiger partial charge in [-0.1, -0.05) is 52.0 Å². The highest BCUT2D eigenvalue weighted by molar-refractivity contribution is 5.89. The molecule has 2 saturated carbocycles. The van der Waals surface area contributed by atoms with Crippen molar-refractivity contribution in [2.75, 3.05) is 13.2 Å². The lowest BCUT2D eigenvalue weighted by molar-refractivity contribution is -0.139. The summed E-state index contributed by atoms with van der Waals surface area (Å²) in [6, 6.07) is 6.93. The average molecular weight is 485 g/mol. The molecule has 2 fully saturated rings. The van der Waals surface area contributed by atoms with Gasteiger partial charge in [0, 0.05) is 5.57 Å². The lowest BCUT2D eigenvalue weighted by Gasteiger charge is -2.37. The van der Waals surface area contributed by atoms with Crippen LogP contribution in [0.5, 0.6) is 5.75 Å². The van der Waals surface area contributed by atoms with Gasteiger partial charge in [0.2, 0.25) is 0 Å². The minimum atomic E-state index is -0.425. The van der Waals surface area contributed by atoms with Crippen molar-refractivity contribution in [2.45, 2.75) is 97.0 Å². The van der Waals surface area contributed by atoms with Crippen molar-refractivity contribution < 1.29 is 23.8 Å². The van der Waals surface area contributed by atoms with Crippen molar-refractivity contribution >= 4 is 11.9 Å². The fourth-order valence-electron chi connectivity index (χ4n) is 5.63. The van der Waals surface area contributed by atoms with Crippen LogP contribution in [0.2, 0.25) is 0 Å². The molecular formula is C30H44O5. The standard InChI is InChI=1S/C30H44O5/c1-4-5-6-7-23-8-10-24(11-9-23)25-12-18-28(19-13-25)35-30(32)26-14-16-27(17-15-26)33-20-21-34-29(31)22(2)3/h14-17,23-25,28H,2,4-13,18-21H2,1,3H3. The maximum Gasteiger partial charge on any atom is 0.338 e. The highest BCUT2D eigenvalue weighted by Crippen LogP contribution is 2.41. The van der Waals surface area contributed by atoms with Gasteiger partial charge in [0.25, 0.3) is 0 Å². The van der Waals surface area contributed by atoms with Crippen LogP contribution in [-0.4, -0.2) is 31.3 Å². The molecular weight excluding hydrogens is 440 g/mol. The van der Waals surface area contributed by atoms with Crippen molar-refractivity contribution in [3.63, 3.8) is 0 Å². The second-order valence-electron chi connectivity index (χ2n) is 10.5. The van der Waals surface area contributed by atoms with Crippen LogP contribution < -0.4 is 4.74 Å². The Kier molecular flexibility index (Phi) is 11.2. The van der Waals surface area contributed by atoms with E-state index in [1.807, 2.05) is 0 Å². The highest BCUT2D eigenvalue weighted by atomic mass is 16.6. The molecule has 1 aromatic rings. The molecule has 0 bridgehead atoms. The molecule has 0 heterocycles. The summed E-state index contributed by atoms with van der Waals surface area (Å²) in [6.07, 6.45) is 15.5. The number of carbonyl (C=O) groups is 2. The first-order chi connectivity index (χ1) is 17.0. The first-order valence-electron chi connectivity index (χ1n) is 13.7. The van der Waals surface area contributed by atoms with Gasteiger partial charge >= 0.3 is 11.9 Å². The number of carbonyl (C=O) groups excluding carboxylic acids is 2. The molecule has 0 N–H and O–H groups in total. The highest BCUT2D eigenvalue weighted by Gasteiger charge is 2.32. The van der Waals surface area contributed by atoms with Crippen molar-refractivity contribution in [1.29, 1.82) is 0 Å². The van der Waals surface area contributed by atoms with E-state index in [2.05, 4.69) is 13.5 Å². The van der Waals surface area contributed by atoms with Crippen LogP contribution in [-0.2, 0) is 14.3 Å². The van der Waals surface area contributed by atoms with Crippen LogP contribution in [0.15, 0.2) is 36.4 Å². The van der Waals surface area contributed by atoms with E-state index >= 15 is 0 Å². The quantitative estimate of drug-likeness (QED) is 0.177. The Balaban J connectivity index is 1.33. The number of unbranched alkanes of at least 4 members (excludes halogenated alkanes) is 2. The Morgan fingerprint density at radius 3 is 2.11 bits per heavy atom. The number of rotatable bonds is 12. The SMILES string of the molecule is C=C(C)C(=O)OCCOc1ccc(C(=O)OC2CCC(C3CCC(CCCCC)CC3)CC2)cc1. The summed E-state index contributed by atoms with van der Waals surface area (Å²) in [5.41, 5.74) is 0.899. The predicted molar refractivity (Wildman–Crippen MR) is 138 cm³/mol. The molecule has 35 heavy (non-hydrogen) atoms. The number of benzene rings is 1. The van der Waals surface area contributed by atoms with E-state index in [1.165, 1.54) is 64.2 Å². The molecule has 0 atom stereocenters. The summed E-state index contributed by atoms with van der Waals surface area (Å²) < 4.78 is 16.4. The third-order valence-corrected chi connectivity index (χ3v) is 7.79. The molecule has 0 unspecified atom stereocenters. The van der Waals surface area contributed by atoms with Crippen LogP contribution in [0.3, 0.4) is 0 Å². The summed E-state index contributed by atoms with van der Waals surface area (Å²) in [5, 5.41) is 0. The topological polar surface area (TPSA) is 61.8 Å². The summed E-state index contributed by atoms with van der Waals surface area (Å²) in [4.78, 5) is 24.0. The third-order valence-electron chi connectivity index (χ3n) is 7.79. The maximum absolute atomic E-state index is 12.6. The molecule has 2 aliphatic rings.